The van der Waals surface area contributed by atoms with Gasteiger partial charge in [0, 0.05) is 4.47 Å². The van der Waals surface area contributed by atoms with Crippen LogP contribution in [0.15, 0.2) is 40.9 Å². The van der Waals surface area contributed by atoms with Gasteiger partial charge in [0.2, 0.25) is 10.0 Å². The minimum Gasteiger partial charge on any atom is -0.266 e. The van der Waals surface area contributed by atoms with E-state index in [9.17, 15) is 8.42 Å². The molecule has 3 nitrogen and oxygen atoms in total. The van der Waals surface area contributed by atoms with Crippen molar-refractivity contribution in [1.29, 1.82) is 0 Å². The molecule has 1 rings (SSSR count). The van der Waals surface area contributed by atoms with E-state index in [4.69, 9.17) is 0 Å². The second kappa shape index (κ2) is 5.50. The summed E-state index contributed by atoms with van der Waals surface area (Å²) in [5.41, 5.74) is 0.656. The molecule has 1 aromatic rings. The molecule has 16 heavy (non-hydrogen) atoms. The van der Waals surface area contributed by atoms with Gasteiger partial charge in [-0.25, -0.2) is 8.42 Å². The van der Waals surface area contributed by atoms with E-state index in [1.807, 2.05) is 31.2 Å². The molecule has 0 aliphatic carbocycles. The summed E-state index contributed by atoms with van der Waals surface area (Å²) >= 11 is 3.35. The number of nitrogens with zero attached hydrogens (tertiary/aromatic N) is 1. The van der Waals surface area contributed by atoms with Gasteiger partial charge in [-0.05, 0) is 35.0 Å². The fraction of sp³-hybridized carbons (Fsp3) is 0.273. The molecule has 0 aliphatic heterocycles. The first-order valence-corrected chi connectivity index (χ1v) is 7.44. The molecular weight excluding hydrogens is 290 g/mol. The quantitative estimate of drug-likeness (QED) is 0.802. The SMILES string of the molecule is C/C=C/CN(c1ccccc1Br)S(C)(=O)=O. The summed E-state index contributed by atoms with van der Waals surface area (Å²) in [7, 11) is -3.26. The number of hydrogen-bond donors (Lipinski definition) is 0. The monoisotopic (exact) mass is 303 g/mol. The predicted octanol–water partition coefficient (Wildman–Crippen LogP) is 2.79. The summed E-state index contributed by atoms with van der Waals surface area (Å²) in [6.07, 6.45) is 4.84. The zero-order chi connectivity index (χ0) is 12.2. The van der Waals surface area contributed by atoms with E-state index in [0.717, 1.165) is 4.47 Å². The molecular formula is C11H14BrNO2S. The number of anilines is 1. The van der Waals surface area contributed by atoms with Gasteiger partial charge in [-0.15, -0.1) is 0 Å². The summed E-state index contributed by atoms with van der Waals surface area (Å²) in [4.78, 5) is 0. The first-order chi connectivity index (χ1) is 7.46. The zero-order valence-corrected chi connectivity index (χ0v) is 11.6. The third kappa shape index (κ3) is 3.35. The van der Waals surface area contributed by atoms with Gasteiger partial charge < -0.3 is 0 Å². The lowest BCUT2D eigenvalue weighted by Gasteiger charge is -2.21. The third-order valence-electron chi connectivity index (χ3n) is 2.03. The average molecular weight is 304 g/mol. The first-order valence-electron chi connectivity index (χ1n) is 4.80. The van der Waals surface area contributed by atoms with Crippen LogP contribution in [0.4, 0.5) is 5.69 Å². The van der Waals surface area contributed by atoms with Gasteiger partial charge in [0.15, 0.2) is 0 Å². The number of hydrogen-bond acceptors (Lipinski definition) is 2. The maximum Gasteiger partial charge on any atom is 0.232 e. The third-order valence-corrected chi connectivity index (χ3v) is 3.85. The van der Waals surface area contributed by atoms with Gasteiger partial charge >= 0.3 is 0 Å². The van der Waals surface area contributed by atoms with Crippen LogP contribution in [0.25, 0.3) is 0 Å². The van der Waals surface area contributed by atoms with Crippen molar-refractivity contribution < 1.29 is 8.42 Å². The summed E-state index contributed by atoms with van der Waals surface area (Å²) in [5.74, 6) is 0. The van der Waals surface area contributed by atoms with Gasteiger partial charge in [-0.1, -0.05) is 24.3 Å². The van der Waals surface area contributed by atoms with Gasteiger partial charge in [0.05, 0.1) is 18.5 Å². The van der Waals surface area contributed by atoms with Crippen molar-refractivity contribution in [2.45, 2.75) is 6.92 Å². The normalized spacial score (nSPS) is 11.9. The van der Waals surface area contributed by atoms with Crippen molar-refractivity contribution in [1.82, 2.24) is 0 Å². The second-order valence-corrected chi connectivity index (χ2v) is 6.08. The Morgan fingerprint density at radius 3 is 2.50 bits per heavy atom. The number of para-hydroxylation sites is 1. The largest absolute Gasteiger partial charge is 0.266 e. The lowest BCUT2D eigenvalue weighted by molar-refractivity contribution is 0.598. The number of rotatable bonds is 4. The Hall–Kier alpha value is -0.810. The van der Waals surface area contributed by atoms with Crippen molar-refractivity contribution >= 4 is 31.6 Å². The van der Waals surface area contributed by atoms with Crippen LogP contribution < -0.4 is 4.31 Å². The fourth-order valence-corrected chi connectivity index (χ4v) is 2.76. The van der Waals surface area contributed by atoms with E-state index in [1.165, 1.54) is 10.6 Å². The summed E-state index contributed by atoms with van der Waals surface area (Å²) < 4.78 is 25.4. The van der Waals surface area contributed by atoms with E-state index in [-0.39, 0.29) is 0 Å². The van der Waals surface area contributed by atoms with E-state index in [2.05, 4.69) is 15.9 Å². The van der Waals surface area contributed by atoms with Crippen LogP contribution in [-0.4, -0.2) is 21.2 Å². The fourth-order valence-electron chi connectivity index (χ4n) is 1.27. The number of sulfonamides is 1. The molecule has 0 fully saturated rings. The van der Waals surface area contributed by atoms with Crippen LogP contribution in [-0.2, 0) is 10.0 Å². The number of allylic oxidation sites excluding steroid dienone is 1. The highest BCUT2D eigenvalue weighted by molar-refractivity contribution is 9.10. The van der Waals surface area contributed by atoms with Crippen LogP contribution in [0, 0.1) is 0 Å². The van der Waals surface area contributed by atoms with Crippen LogP contribution in [0.3, 0.4) is 0 Å². The number of halogens is 1. The minimum atomic E-state index is -3.26. The average Bonchev–Trinajstić information content (AvgIpc) is 2.19. The van der Waals surface area contributed by atoms with Gasteiger partial charge in [-0.2, -0.15) is 0 Å². The molecule has 0 spiro atoms. The van der Waals surface area contributed by atoms with Gasteiger partial charge in [-0.3, -0.25) is 4.31 Å². The van der Waals surface area contributed by atoms with Gasteiger partial charge in [0.25, 0.3) is 0 Å². The summed E-state index contributed by atoms with van der Waals surface area (Å²) in [5, 5.41) is 0. The molecule has 0 heterocycles. The molecule has 0 aromatic heterocycles. The van der Waals surface area contributed by atoms with Crippen LogP contribution in [0.5, 0.6) is 0 Å². The predicted molar refractivity (Wildman–Crippen MR) is 71.1 cm³/mol. The smallest absolute Gasteiger partial charge is 0.232 e. The van der Waals surface area contributed by atoms with Gasteiger partial charge in [0.1, 0.15) is 0 Å². The van der Waals surface area contributed by atoms with Crippen molar-refractivity contribution in [3.63, 3.8) is 0 Å². The molecule has 0 amide bonds. The maximum atomic E-state index is 11.7. The highest BCUT2D eigenvalue weighted by Gasteiger charge is 2.17. The van der Waals surface area contributed by atoms with E-state index in [1.54, 1.807) is 12.1 Å². The first kappa shape index (κ1) is 13.3. The molecule has 0 saturated heterocycles. The Kier molecular flexibility index (Phi) is 4.56. The van der Waals surface area contributed by atoms with Crippen molar-refractivity contribution in [2.75, 3.05) is 17.1 Å². The molecule has 0 radical (unpaired) electrons. The lowest BCUT2D eigenvalue weighted by Crippen LogP contribution is -2.30. The highest BCUT2D eigenvalue weighted by atomic mass is 79.9. The molecule has 0 N–H and O–H groups in total. The second-order valence-electron chi connectivity index (χ2n) is 3.31. The molecule has 0 bridgehead atoms. The lowest BCUT2D eigenvalue weighted by atomic mass is 10.3. The maximum absolute atomic E-state index is 11.7. The van der Waals surface area contributed by atoms with Crippen molar-refractivity contribution in [3.05, 3.63) is 40.9 Å². The molecule has 0 aliphatic rings. The topological polar surface area (TPSA) is 37.4 Å². The molecule has 0 unspecified atom stereocenters. The molecule has 1 aromatic carbocycles. The molecule has 5 heteroatoms. The summed E-state index contributed by atoms with van der Waals surface area (Å²) in [6.45, 7) is 2.21. The standard InChI is InChI=1S/C11H14BrNO2S/c1-3-4-9-13(16(2,14)15)11-8-6-5-7-10(11)12/h3-8H,9H2,1-2H3/b4-3+. The minimum absolute atomic E-state index is 0.345. The van der Waals surface area contributed by atoms with Crippen molar-refractivity contribution in [3.8, 4) is 0 Å². The summed E-state index contributed by atoms with van der Waals surface area (Å²) in [6, 6.07) is 7.26. The van der Waals surface area contributed by atoms with E-state index < -0.39 is 10.0 Å². The Balaban J connectivity index is 3.17. The zero-order valence-electron chi connectivity index (χ0n) is 9.22. The molecule has 0 atom stereocenters. The Morgan fingerprint density at radius 1 is 1.38 bits per heavy atom. The highest BCUT2D eigenvalue weighted by Crippen LogP contribution is 2.27. The van der Waals surface area contributed by atoms with Crippen LogP contribution >= 0.6 is 15.9 Å². The molecule has 88 valence electrons. The number of benzene rings is 1. The Morgan fingerprint density at radius 2 is 2.00 bits per heavy atom. The van der Waals surface area contributed by atoms with Crippen molar-refractivity contribution in [2.24, 2.45) is 0 Å². The van der Waals surface area contributed by atoms with Crippen LogP contribution in [0.2, 0.25) is 0 Å². The Labute approximate surface area is 105 Å². The van der Waals surface area contributed by atoms with Crippen LogP contribution in [0.1, 0.15) is 6.92 Å². The van der Waals surface area contributed by atoms with E-state index >= 15 is 0 Å². The molecule has 0 saturated carbocycles. The Bertz CT molecular complexity index is 483. The van der Waals surface area contributed by atoms with E-state index in [0.29, 0.717) is 12.2 Å².